The van der Waals surface area contributed by atoms with Crippen LogP contribution in [0.5, 0.6) is 0 Å². The number of methoxy groups -OCH3 is 1. The van der Waals surface area contributed by atoms with Crippen LogP contribution in [-0.2, 0) is 16.1 Å². The molecule has 0 saturated heterocycles. The van der Waals surface area contributed by atoms with Crippen molar-refractivity contribution in [2.75, 3.05) is 40.8 Å². The van der Waals surface area contributed by atoms with Gasteiger partial charge < -0.3 is 9.64 Å². The standard InChI is InChI=1S/C22H27BrN2O2S3/c1-24(2)12-4-13-25(14-11-22(26)27-3)15-16-5-6-17(28-16)18-7-8-19(29-18)20-9-10-21(23)30-20/h5-10H,4,11-15H2,1-3H3. The minimum absolute atomic E-state index is 0.147. The molecular weight excluding hydrogens is 500 g/mol. The van der Waals surface area contributed by atoms with Gasteiger partial charge in [-0.05, 0) is 85.9 Å². The summed E-state index contributed by atoms with van der Waals surface area (Å²) in [5.41, 5.74) is 0. The Morgan fingerprint density at radius 1 is 0.900 bits per heavy atom. The van der Waals surface area contributed by atoms with E-state index < -0.39 is 0 Å². The summed E-state index contributed by atoms with van der Waals surface area (Å²) in [6.45, 7) is 3.61. The number of hydrogen-bond donors (Lipinski definition) is 0. The van der Waals surface area contributed by atoms with Crippen molar-refractivity contribution in [3.8, 4) is 19.5 Å². The summed E-state index contributed by atoms with van der Waals surface area (Å²) >= 11 is 9.00. The summed E-state index contributed by atoms with van der Waals surface area (Å²) in [5.74, 6) is -0.147. The van der Waals surface area contributed by atoms with Crippen molar-refractivity contribution in [2.45, 2.75) is 19.4 Å². The number of ether oxygens (including phenoxy) is 1. The van der Waals surface area contributed by atoms with Crippen molar-refractivity contribution >= 4 is 55.9 Å². The number of hydrogen-bond acceptors (Lipinski definition) is 7. The minimum Gasteiger partial charge on any atom is -0.469 e. The summed E-state index contributed by atoms with van der Waals surface area (Å²) in [5, 5.41) is 0. The van der Waals surface area contributed by atoms with Gasteiger partial charge in [0.2, 0.25) is 0 Å². The molecule has 0 aliphatic heterocycles. The lowest BCUT2D eigenvalue weighted by molar-refractivity contribution is -0.141. The highest BCUT2D eigenvalue weighted by Gasteiger charge is 2.13. The lowest BCUT2D eigenvalue weighted by Gasteiger charge is -2.22. The maximum Gasteiger partial charge on any atom is 0.306 e. The monoisotopic (exact) mass is 526 g/mol. The molecule has 8 heteroatoms. The highest BCUT2D eigenvalue weighted by Crippen LogP contribution is 2.40. The lowest BCUT2D eigenvalue weighted by Crippen LogP contribution is -2.29. The van der Waals surface area contributed by atoms with E-state index in [0.29, 0.717) is 6.42 Å². The quantitative estimate of drug-likeness (QED) is 0.275. The molecule has 0 aliphatic rings. The number of nitrogens with zero attached hydrogens (tertiary/aromatic N) is 2. The molecule has 0 unspecified atom stereocenters. The van der Waals surface area contributed by atoms with Crippen molar-refractivity contribution in [3.63, 3.8) is 0 Å². The molecule has 0 N–H and O–H groups in total. The van der Waals surface area contributed by atoms with E-state index in [9.17, 15) is 4.79 Å². The molecule has 0 aliphatic carbocycles. The summed E-state index contributed by atoms with van der Waals surface area (Å²) in [6, 6.07) is 13.1. The Bertz CT molecular complexity index is 948. The summed E-state index contributed by atoms with van der Waals surface area (Å²) in [4.78, 5) is 22.7. The molecule has 4 nitrogen and oxygen atoms in total. The van der Waals surface area contributed by atoms with Gasteiger partial charge in [0.25, 0.3) is 0 Å². The van der Waals surface area contributed by atoms with Crippen molar-refractivity contribution in [1.29, 1.82) is 0 Å². The molecule has 0 atom stereocenters. The van der Waals surface area contributed by atoms with E-state index in [2.05, 4.69) is 76.2 Å². The van der Waals surface area contributed by atoms with Gasteiger partial charge in [-0.2, -0.15) is 0 Å². The lowest BCUT2D eigenvalue weighted by atomic mass is 10.3. The third-order valence-corrected chi connectivity index (χ3v) is 8.82. The van der Waals surface area contributed by atoms with Crippen molar-refractivity contribution < 1.29 is 9.53 Å². The van der Waals surface area contributed by atoms with Crippen molar-refractivity contribution in [2.24, 2.45) is 0 Å². The zero-order chi connectivity index (χ0) is 21.5. The van der Waals surface area contributed by atoms with E-state index >= 15 is 0 Å². The molecule has 0 amide bonds. The predicted octanol–water partition coefficient (Wildman–Crippen LogP) is 6.28. The smallest absolute Gasteiger partial charge is 0.306 e. The van der Waals surface area contributed by atoms with E-state index in [-0.39, 0.29) is 5.97 Å². The Labute approximate surface area is 199 Å². The van der Waals surface area contributed by atoms with Gasteiger partial charge in [0.15, 0.2) is 0 Å². The van der Waals surface area contributed by atoms with E-state index in [1.54, 1.807) is 11.3 Å². The maximum absolute atomic E-state index is 11.6. The average molecular weight is 528 g/mol. The van der Waals surface area contributed by atoms with Crippen LogP contribution in [0.25, 0.3) is 19.5 Å². The molecule has 30 heavy (non-hydrogen) atoms. The number of esters is 1. The molecule has 0 saturated carbocycles. The van der Waals surface area contributed by atoms with Gasteiger partial charge in [-0.3, -0.25) is 9.69 Å². The molecule has 0 spiro atoms. The molecule has 162 valence electrons. The number of rotatable bonds is 11. The van der Waals surface area contributed by atoms with Crippen LogP contribution >= 0.6 is 49.9 Å². The van der Waals surface area contributed by atoms with E-state index in [4.69, 9.17) is 4.74 Å². The molecule has 3 rings (SSSR count). The Hall–Kier alpha value is -1.03. The molecule has 3 heterocycles. The predicted molar refractivity (Wildman–Crippen MR) is 134 cm³/mol. The van der Waals surface area contributed by atoms with Crippen LogP contribution in [0.3, 0.4) is 0 Å². The third kappa shape index (κ3) is 7.00. The number of thiophene rings is 3. The van der Waals surface area contributed by atoms with Crippen LogP contribution in [0.15, 0.2) is 40.2 Å². The molecule has 0 bridgehead atoms. The number of carbonyl (C=O) groups is 1. The zero-order valence-corrected chi connectivity index (χ0v) is 21.6. The Morgan fingerprint density at radius 2 is 1.53 bits per heavy atom. The van der Waals surface area contributed by atoms with Crippen LogP contribution in [0.4, 0.5) is 0 Å². The third-order valence-electron chi connectivity index (χ3n) is 4.65. The van der Waals surface area contributed by atoms with Gasteiger partial charge in [-0.25, -0.2) is 0 Å². The number of halogens is 1. The van der Waals surface area contributed by atoms with Crippen LogP contribution < -0.4 is 0 Å². The first-order valence-electron chi connectivity index (χ1n) is 9.83. The Morgan fingerprint density at radius 3 is 2.17 bits per heavy atom. The summed E-state index contributed by atoms with van der Waals surface area (Å²) in [6.07, 6.45) is 1.51. The van der Waals surface area contributed by atoms with Gasteiger partial charge in [0, 0.05) is 37.5 Å². The normalized spacial score (nSPS) is 11.5. The second-order valence-corrected chi connectivity index (χ2v) is 12.0. The SMILES string of the molecule is COC(=O)CCN(CCCN(C)C)Cc1ccc(-c2ccc(-c3ccc(Br)s3)s2)s1. The molecule has 0 radical (unpaired) electrons. The van der Waals surface area contributed by atoms with Gasteiger partial charge in [-0.1, -0.05) is 0 Å². The maximum atomic E-state index is 11.6. The molecule has 3 aromatic rings. The largest absolute Gasteiger partial charge is 0.469 e. The van der Waals surface area contributed by atoms with Gasteiger partial charge in [-0.15, -0.1) is 34.0 Å². The highest BCUT2D eigenvalue weighted by atomic mass is 79.9. The fourth-order valence-electron chi connectivity index (χ4n) is 3.10. The van der Waals surface area contributed by atoms with Gasteiger partial charge >= 0.3 is 5.97 Å². The van der Waals surface area contributed by atoms with Gasteiger partial charge in [0.05, 0.1) is 17.3 Å². The van der Waals surface area contributed by atoms with E-state index in [0.717, 1.165) is 36.4 Å². The van der Waals surface area contributed by atoms with Crippen molar-refractivity contribution in [1.82, 2.24) is 9.80 Å². The fourth-order valence-corrected chi connectivity index (χ4v) is 6.72. The van der Waals surface area contributed by atoms with Crippen LogP contribution in [0.1, 0.15) is 17.7 Å². The van der Waals surface area contributed by atoms with E-state index in [1.807, 2.05) is 22.7 Å². The summed E-state index contributed by atoms with van der Waals surface area (Å²) in [7, 11) is 5.64. The summed E-state index contributed by atoms with van der Waals surface area (Å²) < 4.78 is 5.98. The molecule has 0 aromatic carbocycles. The second kappa shape index (κ2) is 11.5. The fraction of sp³-hybridized carbons (Fsp3) is 0.409. The van der Waals surface area contributed by atoms with E-state index in [1.165, 1.54) is 31.5 Å². The van der Waals surface area contributed by atoms with Crippen LogP contribution in [0.2, 0.25) is 0 Å². The Balaban J connectivity index is 1.64. The van der Waals surface area contributed by atoms with Gasteiger partial charge in [0.1, 0.15) is 0 Å². The first-order valence-corrected chi connectivity index (χ1v) is 13.1. The van der Waals surface area contributed by atoms with Crippen molar-refractivity contribution in [3.05, 3.63) is 45.1 Å². The molecule has 0 fully saturated rings. The first kappa shape index (κ1) is 23.6. The molecule has 3 aromatic heterocycles. The average Bonchev–Trinajstić information content (AvgIpc) is 3.45. The number of carbonyl (C=O) groups excluding carboxylic acids is 1. The first-order chi connectivity index (χ1) is 14.4. The minimum atomic E-state index is -0.147. The van der Waals surface area contributed by atoms with Crippen LogP contribution in [-0.4, -0.2) is 56.6 Å². The highest BCUT2D eigenvalue weighted by molar-refractivity contribution is 9.11. The zero-order valence-electron chi connectivity index (χ0n) is 17.5. The Kier molecular flexibility index (Phi) is 9.10. The topological polar surface area (TPSA) is 32.8 Å². The second-order valence-electron chi connectivity index (χ2n) is 7.29. The molecular formula is C22H27BrN2O2S3. The van der Waals surface area contributed by atoms with Crippen LogP contribution in [0, 0.1) is 0 Å².